The predicted octanol–water partition coefficient (Wildman–Crippen LogP) is 1.31. The van der Waals surface area contributed by atoms with Gasteiger partial charge >= 0.3 is 0 Å². The molecule has 0 atom stereocenters. The fourth-order valence-corrected chi connectivity index (χ4v) is 2.42. The van der Waals surface area contributed by atoms with Gasteiger partial charge in [0.2, 0.25) is 10.0 Å². The highest BCUT2D eigenvalue weighted by molar-refractivity contribution is 7.88. The van der Waals surface area contributed by atoms with Crippen molar-refractivity contribution in [1.29, 1.82) is 0 Å². The third kappa shape index (κ3) is 4.07. The van der Waals surface area contributed by atoms with Crippen LogP contribution in [0.3, 0.4) is 0 Å². The summed E-state index contributed by atoms with van der Waals surface area (Å²) in [6, 6.07) is 0.0578. The van der Waals surface area contributed by atoms with Gasteiger partial charge in [0.15, 0.2) is 0 Å². The van der Waals surface area contributed by atoms with Gasteiger partial charge in [-0.05, 0) is 19.8 Å². The number of hydrogen-bond donors (Lipinski definition) is 0. The summed E-state index contributed by atoms with van der Waals surface area (Å²) in [4.78, 5) is 0. The molecule has 74 valence electrons. The molecule has 0 fully saturated rings. The lowest BCUT2D eigenvalue weighted by Gasteiger charge is -2.25. The van der Waals surface area contributed by atoms with E-state index in [0.29, 0.717) is 12.5 Å². The molecule has 0 aromatic heterocycles. The van der Waals surface area contributed by atoms with Gasteiger partial charge in [-0.3, -0.25) is 0 Å². The first-order valence-corrected chi connectivity index (χ1v) is 6.06. The van der Waals surface area contributed by atoms with Crippen LogP contribution in [0.2, 0.25) is 0 Å². The molecule has 3 nitrogen and oxygen atoms in total. The van der Waals surface area contributed by atoms with Crippen molar-refractivity contribution in [2.75, 3.05) is 12.8 Å². The molecule has 0 spiro atoms. The highest BCUT2D eigenvalue weighted by Crippen LogP contribution is 2.08. The van der Waals surface area contributed by atoms with Crippen LogP contribution in [0.5, 0.6) is 0 Å². The van der Waals surface area contributed by atoms with Crippen molar-refractivity contribution in [2.24, 2.45) is 5.92 Å². The highest BCUT2D eigenvalue weighted by Gasteiger charge is 2.20. The SMILES string of the molecule is CC(C)CN(C(C)C)S(C)(=O)=O. The van der Waals surface area contributed by atoms with Crippen LogP contribution in [-0.4, -0.2) is 31.6 Å². The molecule has 0 heterocycles. The maximum atomic E-state index is 11.2. The molecule has 0 aliphatic rings. The van der Waals surface area contributed by atoms with Crippen molar-refractivity contribution in [2.45, 2.75) is 33.7 Å². The van der Waals surface area contributed by atoms with Crippen molar-refractivity contribution < 1.29 is 8.42 Å². The monoisotopic (exact) mass is 193 g/mol. The Morgan fingerprint density at radius 2 is 1.58 bits per heavy atom. The molecule has 0 bridgehead atoms. The van der Waals surface area contributed by atoms with Crippen molar-refractivity contribution in [3.8, 4) is 0 Å². The van der Waals surface area contributed by atoms with E-state index in [0.717, 1.165) is 0 Å². The van der Waals surface area contributed by atoms with E-state index in [4.69, 9.17) is 0 Å². The summed E-state index contributed by atoms with van der Waals surface area (Å²) in [6.45, 7) is 8.42. The summed E-state index contributed by atoms with van der Waals surface area (Å²) < 4.78 is 24.0. The highest BCUT2D eigenvalue weighted by atomic mass is 32.2. The minimum Gasteiger partial charge on any atom is -0.212 e. The first-order valence-electron chi connectivity index (χ1n) is 4.22. The second kappa shape index (κ2) is 4.23. The van der Waals surface area contributed by atoms with Crippen molar-refractivity contribution in [1.82, 2.24) is 4.31 Å². The molecule has 0 radical (unpaired) electrons. The molecule has 0 saturated heterocycles. The Morgan fingerprint density at radius 1 is 1.17 bits per heavy atom. The van der Waals surface area contributed by atoms with E-state index < -0.39 is 10.0 Å². The van der Waals surface area contributed by atoms with Gasteiger partial charge in [-0.15, -0.1) is 0 Å². The number of nitrogens with zero attached hydrogens (tertiary/aromatic N) is 1. The van der Waals surface area contributed by atoms with Gasteiger partial charge in [-0.1, -0.05) is 13.8 Å². The Morgan fingerprint density at radius 3 is 1.67 bits per heavy atom. The Bertz CT molecular complexity index is 219. The van der Waals surface area contributed by atoms with Crippen LogP contribution in [0.15, 0.2) is 0 Å². The summed E-state index contributed by atoms with van der Waals surface area (Å²) in [7, 11) is -3.03. The molecule has 0 aromatic rings. The lowest BCUT2D eigenvalue weighted by molar-refractivity contribution is 0.321. The van der Waals surface area contributed by atoms with E-state index >= 15 is 0 Å². The van der Waals surface area contributed by atoms with Crippen LogP contribution in [0.25, 0.3) is 0 Å². The Labute approximate surface area is 75.8 Å². The molecule has 0 unspecified atom stereocenters. The molecular weight excluding hydrogens is 174 g/mol. The normalized spacial score (nSPS) is 13.3. The van der Waals surface area contributed by atoms with Gasteiger partial charge in [0.25, 0.3) is 0 Å². The quantitative estimate of drug-likeness (QED) is 0.675. The minimum absolute atomic E-state index is 0.0578. The Balaban J connectivity index is 4.47. The Kier molecular flexibility index (Phi) is 4.20. The molecule has 0 rings (SSSR count). The molecule has 0 saturated carbocycles. The zero-order chi connectivity index (χ0) is 9.94. The third-order valence-electron chi connectivity index (χ3n) is 1.55. The van der Waals surface area contributed by atoms with Crippen LogP contribution in [0.1, 0.15) is 27.7 Å². The van der Waals surface area contributed by atoms with E-state index in [9.17, 15) is 8.42 Å². The van der Waals surface area contributed by atoms with Crippen molar-refractivity contribution >= 4 is 10.0 Å². The number of rotatable bonds is 4. The van der Waals surface area contributed by atoms with Gasteiger partial charge in [-0.25, -0.2) is 8.42 Å². The lowest BCUT2D eigenvalue weighted by Crippen LogP contribution is -2.38. The summed E-state index contributed by atoms with van der Waals surface area (Å²) in [5.74, 6) is 0.377. The summed E-state index contributed by atoms with van der Waals surface area (Å²) in [6.07, 6.45) is 1.26. The summed E-state index contributed by atoms with van der Waals surface area (Å²) >= 11 is 0. The first-order chi connectivity index (χ1) is 5.25. The van der Waals surface area contributed by atoms with E-state index in [1.807, 2.05) is 27.7 Å². The van der Waals surface area contributed by atoms with Gasteiger partial charge in [0.1, 0.15) is 0 Å². The largest absolute Gasteiger partial charge is 0.212 e. The van der Waals surface area contributed by atoms with E-state index in [1.54, 1.807) is 0 Å². The topological polar surface area (TPSA) is 37.4 Å². The maximum Gasteiger partial charge on any atom is 0.211 e. The first kappa shape index (κ1) is 11.9. The molecule has 0 aliphatic carbocycles. The van der Waals surface area contributed by atoms with Crippen molar-refractivity contribution in [3.63, 3.8) is 0 Å². The summed E-state index contributed by atoms with van der Waals surface area (Å²) in [5.41, 5.74) is 0. The van der Waals surface area contributed by atoms with Gasteiger partial charge in [-0.2, -0.15) is 4.31 Å². The molecule has 0 N–H and O–H groups in total. The smallest absolute Gasteiger partial charge is 0.211 e. The minimum atomic E-state index is -3.03. The average molecular weight is 193 g/mol. The molecule has 4 heteroatoms. The van der Waals surface area contributed by atoms with Gasteiger partial charge < -0.3 is 0 Å². The predicted molar refractivity (Wildman–Crippen MR) is 51.5 cm³/mol. The van der Waals surface area contributed by atoms with Gasteiger partial charge in [0.05, 0.1) is 6.26 Å². The lowest BCUT2D eigenvalue weighted by atomic mass is 10.2. The van der Waals surface area contributed by atoms with E-state index in [-0.39, 0.29) is 6.04 Å². The molecular formula is C8H19NO2S. The zero-order valence-corrected chi connectivity index (χ0v) is 9.35. The fourth-order valence-electron chi connectivity index (χ4n) is 1.09. The van der Waals surface area contributed by atoms with E-state index in [2.05, 4.69) is 0 Å². The van der Waals surface area contributed by atoms with Crippen molar-refractivity contribution in [3.05, 3.63) is 0 Å². The molecule has 0 aromatic carbocycles. The zero-order valence-electron chi connectivity index (χ0n) is 8.53. The second-order valence-corrected chi connectivity index (χ2v) is 5.76. The molecule has 0 amide bonds. The van der Waals surface area contributed by atoms with Crippen LogP contribution in [0, 0.1) is 5.92 Å². The Hall–Kier alpha value is -0.0900. The standard InChI is InChI=1S/C8H19NO2S/c1-7(2)6-9(8(3)4)12(5,10)11/h7-8H,6H2,1-5H3. The van der Waals surface area contributed by atoms with Crippen LogP contribution < -0.4 is 0 Å². The van der Waals surface area contributed by atoms with Crippen LogP contribution in [0.4, 0.5) is 0 Å². The second-order valence-electron chi connectivity index (χ2n) is 3.82. The molecule has 12 heavy (non-hydrogen) atoms. The number of hydrogen-bond acceptors (Lipinski definition) is 2. The average Bonchev–Trinajstić information content (AvgIpc) is 1.79. The summed E-state index contributed by atoms with van der Waals surface area (Å²) in [5, 5.41) is 0. The van der Waals surface area contributed by atoms with Crippen LogP contribution >= 0.6 is 0 Å². The fraction of sp³-hybridized carbons (Fsp3) is 1.00. The molecule has 0 aliphatic heterocycles. The third-order valence-corrected chi connectivity index (χ3v) is 2.97. The maximum absolute atomic E-state index is 11.2. The number of sulfonamides is 1. The van der Waals surface area contributed by atoms with Crippen LogP contribution in [-0.2, 0) is 10.0 Å². The van der Waals surface area contributed by atoms with E-state index in [1.165, 1.54) is 10.6 Å². The van der Waals surface area contributed by atoms with Gasteiger partial charge in [0, 0.05) is 12.6 Å².